The van der Waals surface area contributed by atoms with Gasteiger partial charge in [-0.15, -0.1) is 11.3 Å². The predicted molar refractivity (Wildman–Crippen MR) is 101 cm³/mol. The average Bonchev–Trinajstić information content (AvgIpc) is 3.27. The maximum Gasteiger partial charge on any atom is 0.148 e. The maximum atomic E-state index is 5.64. The molecule has 4 rings (SSSR count). The molecular weight excluding hydrogens is 332 g/mol. The summed E-state index contributed by atoms with van der Waals surface area (Å²) in [4.78, 5) is 6.39. The number of rotatable bonds is 5. The second-order valence-corrected chi connectivity index (χ2v) is 7.58. The highest BCUT2D eigenvalue weighted by molar-refractivity contribution is 7.18. The van der Waals surface area contributed by atoms with Gasteiger partial charge in [0.1, 0.15) is 29.1 Å². The number of quaternary nitrogens is 1. The Hall–Kier alpha value is -2.11. The molecule has 2 aromatic carbocycles. The van der Waals surface area contributed by atoms with Crippen LogP contribution in [0.1, 0.15) is 29.5 Å². The monoisotopic (exact) mass is 355 g/mol. The third kappa shape index (κ3) is 3.22. The second kappa shape index (κ2) is 7.02. The molecule has 1 N–H and O–H groups in total. The van der Waals surface area contributed by atoms with Gasteiger partial charge in [-0.2, -0.15) is 0 Å². The van der Waals surface area contributed by atoms with Gasteiger partial charge in [-0.3, -0.25) is 0 Å². The van der Waals surface area contributed by atoms with Gasteiger partial charge in [-0.25, -0.2) is 4.98 Å². The molecule has 1 aliphatic rings. The first-order valence-electron chi connectivity index (χ1n) is 8.69. The molecule has 130 valence electrons. The third-order valence-corrected chi connectivity index (χ3v) is 6.05. The van der Waals surface area contributed by atoms with E-state index in [9.17, 15) is 0 Å². The minimum Gasteiger partial charge on any atom is -0.497 e. The standard InChI is InChI=1S/C20H22N2O2S/c1-23-14-9-10-15(18(12-14)24-2)17-7-5-11-22(17)13-20-21-16-6-3-4-8-19(16)25-20/h3-4,6,8-10,12,17H,5,7,11,13H2,1-2H3/p+1/t17-/m0/s1. The number of ether oxygens (including phenoxy) is 2. The summed E-state index contributed by atoms with van der Waals surface area (Å²) < 4.78 is 12.2. The third-order valence-electron chi connectivity index (χ3n) is 5.02. The van der Waals surface area contributed by atoms with E-state index in [1.165, 1.54) is 34.7 Å². The normalized spacial score (nSPS) is 20.1. The number of aromatic nitrogens is 1. The smallest absolute Gasteiger partial charge is 0.148 e. The summed E-state index contributed by atoms with van der Waals surface area (Å²) in [6, 6.07) is 15.0. The fourth-order valence-corrected chi connectivity index (χ4v) is 4.81. The number of hydrogen-bond donors (Lipinski definition) is 1. The predicted octanol–water partition coefficient (Wildman–Crippen LogP) is 3.23. The summed E-state index contributed by atoms with van der Waals surface area (Å²) in [5.74, 6) is 1.76. The van der Waals surface area contributed by atoms with Crippen LogP contribution in [0.2, 0.25) is 0 Å². The Labute approximate surface area is 152 Å². The molecule has 0 radical (unpaired) electrons. The summed E-state index contributed by atoms with van der Waals surface area (Å²) in [7, 11) is 3.43. The van der Waals surface area contributed by atoms with Crippen molar-refractivity contribution in [2.75, 3.05) is 20.8 Å². The molecule has 4 nitrogen and oxygen atoms in total. The first kappa shape index (κ1) is 16.4. The van der Waals surface area contributed by atoms with Crippen molar-refractivity contribution in [1.82, 2.24) is 4.98 Å². The van der Waals surface area contributed by atoms with Gasteiger partial charge in [-0.05, 0) is 24.3 Å². The van der Waals surface area contributed by atoms with E-state index in [4.69, 9.17) is 14.5 Å². The summed E-state index contributed by atoms with van der Waals surface area (Å²) in [5.41, 5.74) is 2.39. The molecule has 1 fully saturated rings. The fourth-order valence-electron chi connectivity index (χ4n) is 3.79. The SMILES string of the molecule is COc1ccc([C@@H]2CCC[NH+]2Cc2nc3ccccc3s2)c(OC)c1. The Morgan fingerprint density at radius 1 is 1.16 bits per heavy atom. The van der Waals surface area contributed by atoms with Gasteiger partial charge in [-0.1, -0.05) is 12.1 Å². The number of nitrogens with one attached hydrogen (secondary N) is 1. The molecule has 2 atom stereocenters. The zero-order valence-electron chi connectivity index (χ0n) is 14.6. The van der Waals surface area contributed by atoms with Crippen LogP contribution in [-0.4, -0.2) is 25.7 Å². The minimum absolute atomic E-state index is 0.452. The highest BCUT2D eigenvalue weighted by Gasteiger charge is 2.33. The van der Waals surface area contributed by atoms with Crippen LogP contribution >= 0.6 is 11.3 Å². The number of methoxy groups -OCH3 is 2. The molecule has 0 bridgehead atoms. The number of nitrogens with zero attached hydrogens (tertiary/aromatic N) is 1. The Kier molecular flexibility index (Phi) is 4.59. The lowest BCUT2D eigenvalue weighted by Gasteiger charge is -2.22. The van der Waals surface area contributed by atoms with E-state index < -0.39 is 0 Å². The molecule has 3 aromatic rings. The second-order valence-electron chi connectivity index (χ2n) is 6.46. The number of para-hydroxylation sites is 1. The van der Waals surface area contributed by atoms with Crippen molar-refractivity contribution < 1.29 is 14.4 Å². The van der Waals surface area contributed by atoms with E-state index >= 15 is 0 Å². The zero-order valence-corrected chi connectivity index (χ0v) is 15.4. The van der Waals surface area contributed by atoms with Crippen LogP contribution in [0.15, 0.2) is 42.5 Å². The van der Waals surface area contributed by atoms with E-state index in [1.54, 1.807) is 19.1 Å². The minimum atomic E-state index is 0.452. The van der Waals surface area contributed by atoms with E-state index in [0.717, 1.165) is 23.6 Å². The Morgan fingerprint density at radius 2 is 2.04 bits per heavy atom. The van der Waals surface area contributed by atoms with E-state index in [1.807, 2.05) is 23.5 Å². The van der Waals surface area contributed by atoms with E-state index in [-0.39, 0.29) is 0 Å². The molecule has 1 aromatic heterocycles. The van der Waals surface area contributed by atoms with Crippen LogP contribution < -0.4 is 14.4 Å². The number of thiazole rings is 1. The van der Waals surface area contributed by atoms with Gasteiger partial charge in [0.25, 0.3) is 0 Å². The first-order chi connectivity index (χ1) is 12.3. The summed E-state index contributed by atoms with van der Waals surface area (Å²) in [6.45, 7) is 2.15. The van der Waals surface area contributed by atoms with Gasteiger partial charge in [0.2, 0.25) is 0 Å². The molecule has 5 heteroatoms. The van der Waals surface area contributed by atoms with Crippen molar-refractivity contribution in [3.05, 3.63) is 53.0 Å². The lowest BCUT2D eigenvalue weighted by Crippen LogP contribution is -3.08. The van der Waals surface area contributed by atoms with Crippen LogP contribution in [0, 0.1) is 0 Å². The average molecular weight is 355 g/mol. The lowest BCUT2D eigenvalue weighted by atomic mass is 10.0. The quantitative estimate of drug-likeness (QED) is 0.763. The van der Waals surface area contributed by atoms with Crippen molar-refractivity contribution in [3.63, 3.8) is 0 Å². The molecule has 1 aliphatic heterocycles. The van der Waals surface area contributed by atoms with Gasteiger partial charge in [0.05, 0.1) is 36.5 Å². The topological polar surface area (TPSA) is 35.8 Å². The highest BCUT2D eigenvalue weighted by Crippen LogP contribution is 2.32. The Morgan fingerprint density at radius 3 is 2.84 bits per heavy atom. The van der Waals surface area contributed by atoms with Crippen LogP contribution in [0.25, 0.3) is 10.2 Å². The number of hydrogen-bond acceptors (Lipinski definition) is 4. The van der Waals surface area contributed by atoms with E-state index in [2.05, 4.69) is 30.3 Å². The molecular formula is C20H23N2O2S+. The number of fused-ring (bicyclic) bond motifs is 1. The largest absolute Gasteiger partial charge is 0.497 e. The molecule has 1 unspecified atom stereocenters. The van der Waals surface area contributed by atoms with Gasteiger partial charge in [0.15, 0.2) is 0 Å². The maximum absolute atomic E-state index is 5.64. The van der Waals surface area contributed by atoms with Crippen molar-refractivity contribution in [3.8, 4) is 11.5 Å². The summed E-state index contributed by atoms with van der Waals surface area (Å²) >= 11 is 1.81. The number of likely N-dealkylation sites (tertiary alicyclic amines) is 1. The van der Waals surface area contributed by atoms with Crippen molar-refractivity contribution in [2.45, 2.75) is 25.4 Å². The number of benzene rings is 2. The van der Waals surface area contributed by atoms with E-state index in [0.29, 0.717) is 6.04 Å². The lowest BCUT2D eigenvalue weighted by molar-refractivity contribution is -0.932. The summed E-state index contributed by atoms with van der Waals surface area (Å²) in [5, 5.41) is 1.22. The highest BCUT2D eigenvalue weighted by atomic mass is 32.1. The van der Waals surface area contributed by atoms with Crippen molar-refractivity contribution in [1.29, 1.82) is 0 Å². The first-order valence-corrected chi connectivity index (χ1v) is 9.51. The molecule has 0 amide bonds. The Bertz CT molecular complexity index is 844. The van der Waals surface area contributed by atoms with Crippen LogP contribution in [0.5, 0.6) is 11.5 Å². The molecule has 0 aliphatic carbocycles. The molecule has 25 heavy (non-hydrogen) atoms. The van der Waals surface area contributed by atoms with Crippen LogP contribution in [0.3, 0.4) is 0 Å². The fraction of sp³-hybridized carbons (Fsp3) is 0.350. The summed E-state index contributed by atoms with van der Waals surface area (Å²) in [6.07, 6.45) is 2.42. The van der Waals surface area contributed by atoms with Crippen LogP contribution in [-0.2, 0) is 6.54 Å². The van der Waals surface area contributed by atoms with Crippen molar-refractivity contribution in [2.24, 2.45) is 0 Å². The van der Waals surface area contributed by atoms with Crippen molar-refractivity contribution >= 4 is 21.6 Å². The van der Waals surface area contributed by atoms with Crippen LogP contribution in [0.4, 0.5) is 0 Å². The van der Waals surface area contributed by atoms with Gasteiger partial charge in [0, 0.05) is 18.9 Å². The zero-order chi connectivity index (χ0) is 17.2. The van der Waals surface area contributed by atoms with Gasteiger partial charge >= 0.3 is 0 Å². The Balaban J connectivity index is 1.60. The molecule has 0 spiro atoms. The van der Waals surface area contributed by atoms with Gasteiger partial charge < -0.3 is 14.4 Å². The molecule has 2 heterocycles. The molecule has 0 saturated carbocycles. The molecule has 1 saturated heterocycles.